The van der Waals surface area contributed by atoms with Gasteiger partial charge in [0, 0.05) is 6.42 Å². The Morgan fingerprint density at radius 1 is 1.56 bits per heavy atom. The molecule has 0 atom stereocenters. The van der Waals surface area contributed by atoms with E-state index < -0.39 is 0 Å². The van der Waals surface area contributed by atoms with Gasteiger partial charge >= 0.3 is 5.97 Å². The van der Waals surface area contributed by atoms with Gasteiger partial charge in [-0.1, -0.05) is 17.3 Å². The van der Waals surface area contributed by atoms with Crippen molar-refractivity contribution in [1.82, 2.24) is 0 Å². The van der Waals surface area contributed by atoms with Gasteiger partial charge in [-0.25, -0.2) is 0 Å². The molecule has 0 saturated carbocycles. The fourth-order valence-corrected chi connectivity index (χ4v) is 1.35. The molecule has 5 nitrogen and oxygen atoms in total. The highest BCUT2D eigenvalue weighted by Crippen LogP contribution is 2.13. The number of nitrogens with zero attached hydrogens (tertiary/aromatic N) is 1. The molecule has 0 aromatic carbocycles. The zero-order valence-corrected chi connectivity index (χ0v) is 8.97. The number of oxime groups is 1. The molecule has 0 aliphatic heterocycles. The van der Waals surface area contributed by atoms with E-state index in [4.69, 9.17) is 9.94 Å². The Labute approximate surface area is 93.1 Å². The molecule has 0 fully saturated rings. The highest BCUT2D eigenvalue weighted by atomic mass is 16.5. The normalized spacial score (nSPS) is 17.4. The fraction of sp³-hybridized carbons (Fsp3) is 0.364. The van der Waals surface area contributed by atoms with Crippen LogP contribution >= 0.6 is 0 Å². The summed E-state index contributed by atoms with van der Waals surface area (Å²) in [6.45, 7) is 2.06. The van der Waals surface area contributed by atoms with Gasteiger partial charge in [-0.3, -0.25) is 9.59 Å². The second-order valence-electron chi connectivity index (χ2n) is 3.17. The van der Waals surface area contributed by atoms with E-state index >= 15 is 0 Å². The smallest absolute Gasteiger partial charge is 0.306 e. The van der Waals surface area contributed by atoms with Gasteiger partial charge in [0.15, 0.2) is 5.71 Å². The lowest BCUT2D eigenvalue weighted by molar-refractivity contribution is -0.143. The molecular formula is C11H13NO4. The van der Waals surface area contributed by atoms with Gasteiger partial charge < -0.3 is 9.94 Å². The first-order valence-corrected chi connectivity index (χ1v) is 4.98. The minimum atomic E-state index is -0.358. The standard InChI is InChI=1S/C11H13NO4/c1-2-16-10(14)7-6-8-4-3-5-9(13)11(8)12-15/h3-5,15H,2,6-7H2,1H3. The Morgan fingerprint density at radius 3 is 2.94 bits per heavy atom. The first-order valence-electron chi connectivity index (χ1n) is 4.98. The maximum Gasteiger partial charge on any atom is 0.306 e. The molecule has 0 radical (unpaired) electrons. The molecule has 0 aromatic heterocycles. The lowest BCUT2D eigenvalue weighted by Crippen LogP contribution is -2.18. The van der Waals surface area contributed by atoms with Gasteiger partial charge in [-0.15, -0.1) is 0 Å². The van der Waals surface area contributed by atoms with Crippen LogP contribution in [0.3, 0.4) is 0 Å². The summed E-state index contributed by atoms with van der Waals surface area (Å²) >= 11 is 0. The molecular weight excluding hydrogens is 210 g/mol. The molecule has 0 aromatic rings. The maximum absolute atomic E-state index is 11.3. The molecule has 0 bridgehead atoms. The van der Waals surface area contributed by atoms with Crippen LogP contribution in [0.5, 0.6) is 0 Å². The molecule has 0 saturated heterocycles. The second-order valence-corrected chi connectivity index (χ2v) is 3.17. The number of rotatable bonds is 4. The molecule has 1 aliphatic carbocycles. The SMILES string of the molecule is CCOC(=O)CCC1=CC=CC(=O)C1=NO. The van der Waals surface area contributed by atoms with E-state index in [1.54, 1.807) is 19.1 Å². The predicted molar refractivity (Wildman–Crippen MR) is 57.3 cm³/mol. The van der Waals surface area contributed by atoms with E-state index in [0.717, 1.165) is 0 Å². The van der Waals surface area contributed by atoms with Crippen molar-refractivity contribution in [2.45, 2.75) is 19.8 Å². The Balaban J connectivity index is 2.60. The molecule has 16 heavy (non-hydrogen) atoms. The van der Waals surface area contributed by atoms with Gasteiger partial charge in [0.2, 0.25) is 5.78 Å². The predicted octanol–water partition coefficient (Wildman–Crippen LogP) is 1.23. The summed E-state index contributed by atoms with van der Waals surface area (Å²) in [7, 11) is 0. The van der Waals surface area contributed by atoms with E-state index in [1.807, 2.05) is 0 Å². The highest BCUT2D eigenvalue weighted by Gasteiger charge is 2.18. The van der Waals surface area contributed by atoms with Crippen LogP contribution in [-0.4, -0.2) is 29.3 Å². The van der Waals surface area contributed by atoms with Crippen molar-refractivity contribution in [2.24, 2.45) is 5.16 Å². The van der Waals surface area contributed by atoms with Crippen LogP contribution in [0.15, 0.2) is 29.0 Å². The summed E-state index contributed by atoms with van der Waals surface area (Å²) in [5.74, 6) is -0.688. The van der Waals surface area contributed by atoms with E-state index in [0.29, 0.717) is 18.6 Å². The summed E-state index contributed by atoms with van der Waals surface area (Å²) in [4.78, 5) is 22.4. The van der Waals surface area contributed by atoms with Crippen molar-refractivity contribution in [3.63, 3.8) is 0 Å². The minimum absolute atomic E-state index is 0.00759. The quantitative estimate of drug-likeness (QED) is 0.336. The van der Waals surface area contributed by atoms with Crippen LogP contribution in [0.2, 0.25) is 0 Å². The number of carbonyl (C=O) groups excluding carboxylic acids is 2. The summed E-state index contributed by atoms with van der Waals surface area (Å²) in [5, 5.41) is 11.6. The first-order chi connectivity index (χ1) is 7.69. The Kier molecular flexibility index (Phi) is 4.44. The largest absolute Gasteiger partial charge is 0.466 e. The van der Waals surface area contributed by atoms with Crippen molar-refractivity contribution < 1.29 is 19.5 Å². The topological polar surface area (TPSA) is 76.0 Å². The Bertz CT molecular complexity index is 379. The fourth-order valence-electron chi connectivity index (χ4n) is 1.35. The molecule has 86 valence electrons. The van der Waals surface area contributed by atoms with Gasteiger partial charge in [-0.05, 0) is 25.0 Å². The molecule has 1 N–H and O–H groups in total. The summed E-state index contributed by atoms with van der Waals surface area (Å²) in [6.07, 6.45) is 5.02. The third-order valence-electron chi connectivity index (χ3n) is 2.09. The van der Waals surface area contributed by atoms with Crippen molar-refractivity contribution in [1.29, 1.82) is 0 Å². The van der Waals surface area contributed by atoms with Crippen LogP contribution in [-0.2, 0) is 14.3 Å². The highest BCUT2D eigenvalue weighted by molar-refractivity contribution is 6.50. The molecule has 0 amide bonds. The second kappa shape index (κ2) is 5.85. The molecule has 0 heterocycles. The van der Waals surface area contributed by atoms with E-state index in [1.165, 1.54) is 6.08 Å². The summed E-state index contributed by atoms with van der Waals surface area (Å²) in [5.41, 5.74) is 0.537. The lowest BCUT2D eigenvalue weighted by atomic mass is 9.97. The number of hydrogen-bond acceptors (Lipinski definition) is 5. The van der Waals surface area contributed by atoms with Crippen molar-refractivity contribution >= 4 is 17.5 Å². The van der Waals surface area contributed by atoms with Gasteiger partial charge in [-0.2, -0.15) is 0 Å². The summed E-state index contributed by atoms with van der Waals surface area (Å²) < 4.78 is 4.76. The van der Waals surface area contributed by atoms with Gasteiger partial charge in [0.1, 0.15) is 0 Å². The number of ketones is 1. The Morgan fingerprint density at radius 2 is 2.31 bits per heavy atom. The molecule has 1 rings (SSSR count). The van der Waals surface area contributed by atoms with Crippen LogP contribution in [0, 0.1) is 0 Å². The molecule has 1 aliphatic rings. The molecule has 0 unspecified atom stereocenters. The lowest BCUT2D eigenvalue weighted by Gasteiger charge is -2.09. The Hall–Kier alpha value is -1.91. The van der Waals surface area contributed by atoms with Crippen LogP contribution < -0.4 is 0 Å². The first kappa shape index (κ1) is 12.2. The van der Waals surface area contributed by atoms with E-state index in [9.17, 15) is 9.59 Å². The molecule has 5 heteroatoms. The van der Waals surface area contributed by atoms with E-state index in [-0.39, 0.29) is 23.9 Å². The van der Waals surface area contributed by atoms with Crippen LogP contribution in [0.1, 0.15) is 19.8 Å². The maximum atomic E-state index is 11.3. The van der Waals surface area contributed by atoms with Crippen molar-refractivity contribution in [3.05, 3.63) is 23.8 Å². The molecule has 0 spiro atoms. The number of esters is 1. The number of ether oxygens (including phenoxy) is 1. The average molecular weight is 223 g/mol. The summed E-state index contributed by atoms with van der Waals surface area (Å²) in [6, 6.07) is 0. The average Bonchev–Trinajstić information content (AvgIpc) is 2.27. The van der Waals surface area contributed by atoms with E-state index in [2.05, 4.69) is 5.16 Å². The third-order valence-corrected chi connectivity index (χ3v) is 2.09. The van der Waals surface area contributed by atoms with Crippen LogP contribution in [0.25, 0.3) is 0 Å². The zero-order valence-electron chi connectivity index (χ0n) is 8.97. The number of carbonyl (C=O) groups is 2. The monoisotopic (exact) mass is 223 g/mol. The number of hydrogen-bond donors (Lipinski definition) is 1. The van der Waals surface area contributed by atoms with Crippen molar-refractivity contribution in [3.8, 4) is 0 Å². The third kappa shape index (κ3) is 3.05. The number of allylic oxidation sites excluding steroid dienone is 4. The zero-order chi connectivity index (χ0) is 12.0. The minimum Gasteiger partial charge on any atom is -0.466 e. The van der Waals surface area contributed by atoms with Crippen molar-refractivity contribution in [2.75, 3.05) is 6.61 Å². The van der Waals surface area contributed by atoms with Gasteiger partial charge in [0.05, 0.1) is 6.61 Å². The van der Waals surface area contributed by atoms with Crippen LogP contribution in [0.4, 0.5) is 0 Å². The van der Waals surface area contributed by atoms with Gasteiger partial charge in [0.25, 0.3) is 0 Å².